The molecule has 1 aliphatic heterocycles. The van der Waals surface area contributed by atoms with E-state index in [1.54, 1.807) is 0 Å². The van der Waals surface area contributed by atoms with E-state index in [-0.39, 0.29) is 0 Å². The van der Waals surface area contributed by atoms with Crippen molar-refractivity contribution in [2.75, 3.05) is 6.61 Å². The third kappa shape index (κ3) is 9.06. The molecule has 0 aliphatic carbocycles. The first-order valence-corrected chi connectivity index (χ1v) is 11.6. The standard InChI is InChI=1S/C22H45NO5/c1-2-3-4-5-6-7-8-9-10-11-12-13-14-15-16-22(27)21(23)20(26)19(25)18(17-24)28-22/h18-21,24-27H,2-17,23H2,1H3/t18-,19-,20+,21-,22-/m1/s1. The summed E-state index contributed by atoms with van der Waals surface area (Å²) in [6.07, 6.45) is 14.2. The van der Waals surface area contributed by atoms with Gasteiger partial charge in [0.2, 0.25) is 0 Å². The lowest BCUT2D eigenvalue weighted by atomic mass is 9.88. The van der Waals surface area contributed by atoms with Crippen LogP contribution in [-0.4, -0.2) is 57.2 Å². The molecule has 0 radical (unpaired) electrons. The number of hydrogen-bond acceptors (Lipinski definition) is 6. The molecule has 1 saturated heterocycles. The van der Waals surface area contributed by atoms with E-state index >= 15 is 0 Å². The van der Waals surface area contributed by atoms with Crippen molar-refractivity contribution in [1.82, 2.24) is 0 Å². The van der Waals surface area contributed by atoms with Crippen LogP contribution >= 0.6 is 0 Å². The second kappa shape index (κ2) is 14.7. The van der Waals surface area contributed by atoms with Gasteiger partial charge in [0.25, 0.3) is 0 Å². The summed E-state index contributed by atoms with van der Waals surface area (Å²) in [4.78, 5) is 0. The van der Waals surface area contributed by atoms with Gasteiger partial charge in [0.05, 0.1) is 12.6 Å². The maximum Gasteiger partial charge on any atom is 0.184 e. The Balaban J connectivity index is 2.02. The van der Waals surface area contributed by atoms with Gasteiger partial charge < -0.3 is 30.9 Å². The van der Waals surface area contributed by atoms with Gasteiger partial charge >= 0.3 is 0 Å². The minimum atomic E-state index is -1.69. The first-order chi connectivity index (χ1) is 13.5. The molecule has 0 aromatic heterocycles. The summed E-state index contributed by atoms with van der Waals surface area (Å²) in [7, 11) is 0. The van der Waals surface area contributed by atoms with Crippen LogP contribution in [0.1, 0.15) is 103 Å². The number of ether oxygens (including phenoxy) is 1. The Morgan fingerprint density at radius 1 is 0.750 bits per heavy atom. The largest absolute Gasteiger partial charge is 0.394 e. The molecule has 1 rings (SSSR count). The highest BCUT2D eigenvalue weighted by Gasteiger charge is 2.50. The maximum absolute atomic E-state index is 10.6. The smallest absolute Gasteiger partial charge is 0.184 e. The Morgan fingerprint density at radius 2 is 1.18 bits per heavy atom. The van der Waals surface area contributed by atoms with Crippen LogP contribution in [0.2, 0.25) is 0 Å². The number of aliphatic hydroxyl groups excluding tert-OH is 3. The molecule has 5 atom stereocenters. The van der Waals surface area contributed by atoms with Crippen molar-refractivity contribution in [1.29, 1.82) is 0 Å². The minimum Gasteiger partial charge on any atom is -0.394 e. The summed E-state index contributed by atoms with van der Waals surface area (Å²) in [6, 6.07) is -1.08. The number of nitrogens with two attached hydrogens (primary N) is 1. The fourth-order valence-electron chi connectivity index (χ4n) is 4.05. The first kappa shape index (κ1) is 25.8. The molecule has 168 valence electrons. The van der Waals surface area contributed by atoms with E-state index in [1.807, 2.05) is 0 Å². The van der Waals surface area contributed by atoms with E-state index in [1.165, 1.54) is 70.6 Å². The second-order valence-corrected chi connectivity index (χ2v) is 8.54. The number of rotatable bonds is 16. The van der Waals surface area contributed by atoms with Crippen molar-refractivity contribution in [3.63, 3.8) is 0 Å². The van der Waals surface area contributed by atoms with E-state index in [2.05, 4.69) is 6.92 Å². The van der Waals surface area contributed by atoms with Crippen LogP contribution < -0.4 is 5.73 Å². The van der Waals surface area contributed by atoms with Crippen LogP contribution in [0.15, 0.2) is 0 Å². The van der Waals surface area contributed by atoms with Crippen molar-refractivity contribution in [3.8, 4) is 0 Å². The summed E-state index contributed by atoms with van der Waals surface area (Å²) in [5.41, 5.74) is 5.85. The van der Waals surface area contributed by atoms with Crippen LogP contribution in [-0.2, 0) is 4.74 Å². The van der Waals surface area contributed by atoms with Gasteiger partial charge in [0, 0.05) is 6.42 Å². The van der Waals surface area contributed by atoms with Gasteiger partial charge in [0.1, 0.15) is 18.3 Å². The molecule has 0 amide bonds. The lowest BCUT2D eigenvalue weighted by Gasteiger charge is -2.46. The SMILES string of the molecule is CCCCCCCCCCCCCCCC[C@@]1(O)O[C@H](CO)[C@@H](O)[C@H](O)[C@H]1N. The van der Waals surface area contributed by atoms with E-state index in [4.69, 9.17) is 10.5 Å². The molecule has 1 aliphatic rings. The average Bonchev–Trinajstić information content (AvgIpc) is 2.69. The fraction of sp³-hybridized carbons (Fsp3) is 1.00. The van der Waals surface area contributed by atoms with Crippen molar-refractivity contribution in [3.05, 3.63) is 0 Å². The molecule has 0 saturated carbocycles. The molecule has 1 heterocycles. The zero-order valence-electron chi connectivity index (χ0n) is 17.9. The number of hydrogen-bond donors (Lipinski definition) is 5. The maximum atomic E-state index is 10.6. The lowest BCUT2D eigenvalue weighted by Crippen LogP contribution is -2.68. The molecule has 6 N–H and O–H groups in total. The highest BCUT2D eigenvalue weighted by Crippen LogP contribution is 2.31. The number of unbranched alkanes of at least 4 members (excludes halogenated alkanes) is 13. The molecular weight excluding hydrogens is 358 g/mol. The molecule has 0 spiro atoms. The van der Waals surface area contributed by atoms with Crippen LogP contribution in [0.3, 0.4) is 0 Å². The predicted octanol–water partition coefficient (Wildman–Crippen LogP) is 2.99. The highest BCUT2D eigenvalue weighted by molar-refractivity contribution is 4.98. The molecule has 28 heavy (non-hydrogen) atoms. The fourth-order valence-corrected chi connectivity index (χ4v) is 4.05. The summed E-state index contributed by atoms with van der Waals surface area (Å²) in [5, 5.41) is 39.6. The Morgan fingerprint density at radius 3 is 1.61 bits per heavy atom. The van der Waals surface area contributed by atoms with Gasteiger partial charge in [-0.15, -0.1) is 0 Å². The Kier molecular flexibility index (Phi) is 13.5. The molecule has 6 nitrogen and oxygen atoms in total. The van der Waals surface area contributed by atoms with Gasteiger partial charge in [-0.3, -0.25) is 0 Å². The summed E-state index contributed by atoms with van der Waals surface area (Å²) < 4.78 is 5.40. The Bertz CT molecular complexity index is 382. The molecule has 0 unspecified atom stereocenters. The van der Waals surface area contributed by atoms with Gasteiger partial charge in [-0.05, 0) is 6.42 Å². The molecule has 1 fully saturated rings. The lowest BCUT2D eigenvalue weighted by molar-refractivity contribution is -0.316. The Hall–Kier alpha value is -0.240. The van der Waals surface area contributed by atoms with E-state index in [0.29, 0.717) is 6.42 Å². The van der Waals surface area contributed by atoms with E-state index in [9.17, 15) is 20.4 Å². The third-order valence-corrected chi connectivity index (χ3v) is 6.04. The van der Waals surface area contributed by atoms with Gasteiger partial charge in [-0.2, -0.15) is 0 Å². The average molecular weight is 404 g/mol. The summed E-state index contributed by atoms with van der Waals surface area (Å²) in [6.45, 7) is 1.79. The topological polar surface area (TPSA) is 116 Å². The molecule has 0 aromatic carbocycles. The van der Waals surface area contributed by atoms with Gasteiger partial charge in [-0.1, -0.05) is 90.4 Å². The van der Waals surface area contributed by atoms with Crippen LogP contribution in [0.25, 0.3) is 0 Å². The van der Waals surface area contributed by atoms with Crippen molar-refractivity contribution >= 4 is 0 Å². The monoisotopic (exact) mass is 403 g/mol. The zero-order chi connectivity index (χ0) is 20.8. The zero-order valence-corrected chi connectivity index (χ0v) is 17.9. The quantitative estimate of drug-likeness (QED) is 0.253. The van der Waals surface area contributed by atoms with Crippen LogP contribution in [0.4, 0.5) is 0 Å². The van der Waals surface area contributed by atoms with Crippen LogP contribution in [0, 0.1) is 0 Å². The molecular formula is C22H45NO5. The minimum absolute atomic E-state index is 0.298. The first-order valence-electron chi connectivity index (χ1n) is 11.6. The highest BCUT2D eigenvalue weighted by atomic mass is 16.6. The third-order valence-electron chi connectivity index (χ3n) is 6.04. The number of aliphatic hydroxyl groups is 4. The van der Waals surface area contributed by atoms with Crippen molar-refractivity contribution < 1.29 is 25.2 Å². The van der Waals surface area contributed by atoms with Crippen molar-refractivity contribution in [2.24, 2.45) is 5.73 Å². The summed E-state index contributed by atoms with van der Waals surface area (Å²) >= 11 is 0. The molecule has 0 bridgehead atoms. The summed E-state index contributed by atoms with van der Waals surface area (Å²) in [5.74, 6) is -1.69. The van der Waals surface area contributed by atoms with E-state index in [0.717, 1.165) is 19.3 Å². The Labute approximate surface area is 171 Å². The predicted molar refractivity (Wildman–Crippen MR) is 112 cm³/mol. The molecule has 0 aromatic rings. The van der Waals surface area contributed by atoms with Gasteiger partial charge in [0.15, 0.2) is 5.79 Å². The normalized spacial score (nSPS) is 30.6. The van der Waals surface area contributed by atoms with Crippen molar-refractivity contribution in [2.45, 2.75) is 133 Å². The second-order valence-electron chi connectivity index (χ2n) is 8.54. The molecule has 6 heteroatoms. The van der Waals surface area contributed by atoms with Gasteiger partial charge in [-0.25, -0.2) is 0 Å². The van der Waals surface area contributed by atoms with Crippen LogP contribution in [0.5, 0.6) is 0 Å². The van der Waals surface area contributed by atoms with E-state index < -0.39 is 36.7 Å².